The zero-order valence-electron chi connectivity index (χ0n) is 34.8. The first kappa shape index (κ1) is 40.0. The van der Waals surface area contributed by atoms with Gasteiger partial charge in [-0.25, -0.2) is 0 Å². The lowest BCUT2D eigenvalue weighted by molar-refractivity contribution is -0.288. The van der Waals surface area contributed by atoms with Crippen molar-refractivity contribution < 1.29 is 26.3 Å². The Morgan fingerprint density at radius 1 is 0.333 bits per heavy atom. The Kier molecular flexibility index (Phi) is 9.22. The average molecular weight is 843 g/mol. The van der Waals surface area contributed by atoms with Gasteiger partial charge in [0.15, 0.2) is 0 Å². The second kappa shape index (κ2) is 14.5. The van der Waals surface area contributed by atoms with Crippen LogP contribution in [-0.4, -0.2) is 21.5 Å². The van der Waals surface area contributed by atoms with Crippen LogP contribution in [0.5, 0.6) is 0 Å². The van der Waals surface area contributed by atoms with E-state index in [2.05, 4.69) is 9.13 Å². The van der Waals surface area contributed by atoms with Crippen molar-refractivity contribution in [2.24, 2.45) is 0 Å². The van der Waals surface area contributed by atoms with Gasteiger partial charge in [0.05, 0.1) is 22.1 Å². The molecule has 0 aliphatic heterocycles. The molecule has 0 aliphatic carbocycles. The van der Waals surface area contributed by atoms with E-state index in [1.165, 1.54) is 0 Å². The van der Waals surface area contributed by atoms with Gasteiger partial charge in [-0.3, -0.25) is 0 Å². The molecule has 0 amide bonds. The van der Waals surface area contributed by atoms with Crippen molar-refractivity contribution in [1.29, 1.82) is 0 Å². The highest BCUT2D eigenvalue weighted by atomic mass is 19.4. The van der Waals surface area contributed by atoms with E-state index >= 15 is 26.3 Å². The number of alkyl halides is 6. The molecule has 2 heterocycles. The Bertz CT molecular complexity index is 3130. The molecule has 0 saturated heterocycles. The van der Waals surface area contributed by atoms with Crippen LogP contribution < -0.4 is 0 Å². The fourth-order valence-electron chi connectivity index (χ4n) is 10.2. The van der Waals surface area contributed by atoms with Crippen LogP contribution in [0, 0.1) is 27.7 Å². The van der Waals surface area contributed by atoms with E-state index in [4.69, 9.17) is 0 Å². The van der Waals surface area contributed by atoms with Crippen LogP contribution in [-0.2, 0) is 5.41 Å². The predicted molar refractivity (Wildman–Crippen MR) is 244 cm³/mol. The third kappa shape index (κ3) is 6.10. The van der Waals surface area contributed by atoms with Crippen LogP contribution in [0.4, 0.5) is 26.3 Å². The maximum atomic E-state index is 15.8. The smallest absolute Gasteiger partial charge is 0.309 e. The average Bonchev–Trinajstić information content (AvgIpc) is 3.75. The number of rotatable bonds is 6. The maximum Gasteiger partial charge on any atom is 0.411 e. The molecule has 0 N–H and O–H groups in total. The summed E-state index contributed by atoms with van der Waals surface area (Å²) >= 11 is 0. The van der Waals surface area contributed by atoms with Crippen molar-refractivity contribution in [1.82, 2.24) is 9.13 Å². The first-order chi connectivity index (χ1) is 30.2. The van der Waals surface area contributed by atoms with Crippen molar-refractivity contribution in [3.05, 3.63) is 203 Å². The van der Waals surface area contributed by atoms with Crippen molar-refractivity contribution in [2.75, 3.05) is 0 Å². The zero-order valence-corrected chi connectivity index (χ0v) is 34.8. The molecule has 2 nitrogen and oxygen atoms in total. The van der Waals surface area contributed by atoms with Crippen LogP contribution in [0.2, 0.25) is 0 Å². The normalized spacial score (nSPS) is 12.6. The molecule has 2 aromatic heterocycles. The highest BCUT2D eigenvalue weighted by Crippen LogP contribution is 2.58. The van der Waals surface area contributed by atoms with Gasteiger partial charge in [-0.15, -0.1) is 0 Å². The summed E-state index contributed by atoms with van der Waals surface area (Å²) < 4.78 is 99.2. The first-order valence-electron chi connectivity index (χ1n) is 20.7. The number of hydrogen-bond donors (Lipinski definition) is 0. The topological polar surface area (TPSA) is 9.86 Å². The lowest BCUT2D eigenvalue weighted by atomic mass is 9.70. The van der Waals surface area contributed by atoms with Gasteiger partial charge in [0.25, 0.3) is 0 Å². The van der Waals surface area contributed by atoms with Gasteiger partial charge in [-0.2, -0.15) is 26.3 Å². The molecule has 10 rings (SSSR count). The molecule has 0 fully saturated rings. The molecule has 0 spiro atoms. The summed E-state index contributed by atoms with van der Waals surface area (Å²) in [6.07, 6.45) is -11.5. The lowest BCUT2D eigenvalue weighted by Gasteiger charge is -2.39. The number of nitrogens with zero attached hydrogens (tertiary/aromatic N) is 2. The Labute approximate surface area is 360 Å². The Morgan fingerprint density at radius 3 is 1.00 bits per heavy atom. The largest absolute Gasteiger partial charge is 0.411 e. The fourth-order valence-corrected chi connectivity index (χ4v) is 10.2. The van der Waals surface area contributed by atoms with Gasteiger partial charge in [-0.1, -0.05) is 109 Å². The molecule has 8 aromatic carbocycles. The van der Waals surface area contributed by atoms with Crippen molar-refractivity contribution >= 4 is 43.6 Å². The van der Waals surface area contributed by atoms with E-state index in [-0.39, 0.29) is 0 Å². The molecule has 0 unspecified atom stereocenters. The van der Waals surface area contributed by atoms with E-state index in [1.807, 2.05) is 146 Å². The van der Waals surface area contributed by atoms with E-state index in [9.17, 15) is 0 Å². The van der Waals surface area contributed by atoms with E-state index < -0.39 is 28.9 Å². The van der Waals surface area contributed by atoms with Crippen molar-refractivity contribution in [2.45, 2.75) is 45.5 Å². The molecule has 8 heteroatoms. The number of fused-ring (bicyclic) bond motifs is 6. The second-order valence-corrected chi connectivity index (χ2v) is 16.6. The SMILES string of the molecule is Cc1cc(C(c2cc(C)c(-c3ccc4c(c3)c3ccccc3n4-c3ccccc3)c(C)c2)(C(F)(F)F)C(F)(F)F)cc(C)c1-c1ccc2c(c1)c1ccccc1n2-c1ccccc1. The summed E-state index contributed by atoms with van der Waals surface area (Å²) in [5, 5.41) is 3.79. The summed E-state index contributed by atoms with van der Waals surface area (Å²) in [5.41, 5.74) is 3.49. The quantitative estimate of drug-likeness (QED) is 0.148. The summed E-state index contributed by atoms with van der Waals surface area (Å²) in [4.78, 5) is 0. The molecule has 0 saturated carbocycles. The van der Waals surface area contributed by atoms with Gasteiger partial charge in [0, 0.05) is 32.9 Å². The van der Waals surface area contributed by atoms with Crippen LogP contribution >= 0.6 is 0 Å². The summed E-state index contributed by atoms with van der Waals surface area (Å²) in [6.45, 7) is 6.35. The molecule has 0 atom stereocenters. The summed E-state index contributed by atoms with van der Waals surface area (Å²) in [7, 11) is 0. The monoisotopic (exact) mass is 842 g/mol. The summed E-state index contributed by atoms with van der Waals surface area (Å²) in [6, 6.07) is 51.7. The lowest BCUT2D eigenvalue weighted by Crippen LogP contribution is -2.55. The number of aryl methyl sites for hydroxylation is 4. The number of aromatic nitrogens is 2. The van der Waals surface area contributed by atoms with Crippen molar-refractivity contribution in [3.8, 4) is 33.6 Å². The Morgan fingerprint density at radius 2 is 0.651 bits per heavy atom. The van der Waals surface area contributed by atoms with Crippen LogP contribution in [0.1, 0.15) is 33.4 Å². The number of halogens is 6. The summed E-state index contributed by atoms with van der Waals surface area (Å²) in [5.74, 6) is 0. The number of para-hydroxylation sites is 4. The molecular weight excluding hydrogens is 803 g/mol. The van der Waals surface area contributed by atoms with Gasteiger partial charge in [0.2, 0.25) is 5.41 Å². The number of hydrogen-bond acceptors (Lipinski definition) is 0. The molecule has 312 valence electrons. The molecule has 0 radical (unpaired) electrons. The third-order valence-electron chi connectivity index (χ3n) is 12.7. The number of benzene rings is 8. The molecule has 10 aromatic rings. The van der Waals surface area contributed by atoms with Crippen LogP contribution in [0.15, 0.2) is 170 Å². The van der Waals surface area contributed by atoms with Crippen molar-refractivity contribution in [3.63, 3.8) is 0 Å². The predicted octanol–water partition coefficient (Wildman–Crippen LogP) is 15.9. The molecular formula is C55H40F6N2. The van der Waals surface area contributed by atoms with Gasteiger partial charge in [0.1, 0.15) is 0 Å². The van der Waals surface area contributed by atoms with Crippen LogP contribution in [0.25, 0.3) is 77.2 Å². The van der Waals surface area contributed by atoms with E-state index in [0.717, 1.165) is 79.3 Å². The van der Waals surface area contributed by atoms with E-state index in [0.29, 0.717) is 44.5 Å². The fraction of sp³-hybridized carbons (Fsp3) is 0.127. The molecule has 63 heavy (non-hydrogen) atoms. The Balaban J connectivity index is 1.11. The minimum Gasteiger partial charge on any atom is -0.309 e. The highest BCUT2D eigenvalue weighted by Gasteiger charge is 2.72. The maximum absolute atomic E-state index is 15.8. The molecule has 0 bridgehead atoms. The second-order valence-electron chi connectivity index (χ2n) is 16.6. The highest BCUT2D eigenvalue weighted by molar-refractivity contribution is 6.11. The Hall–Kier alpha value is -7.06. The van der Waals surface area contributed by atoms with Gasteiger partial charge >= 0.3 is 12.4 Å². The minimum atomic E-state index is -5.75. The minimum absolute atomic E-state index is 0.307. The molecule has 0 aliphatic rings. The van der Waals surface area contributed by atoms with Gasteiger partial charge < -0.3 is 9.13 Å². The third-order valence-corrected chi connectivity index (χ3v) is 12.7. The van der Waals surface area contributed by atoms with Gasteiger partial charge in [-0.05, 0) is 144 Å². The van der Waals surface area contributed by atoms with Crippen LogP contribution in [0.3, 0.4) is 0 Å². The first-order valence-corrected chi connectivity index (χ1v) is 20.7. The van der Waals surface area contributed by atoms with E-state index in [1.54, 1.807) is 27.7 Å². The standard InChI is InChI=1S/C55H40F6N2/c1-33-27-39(28-34(2)51(33)37-23-25-49-45(31-37)43-19-11-13-21-47(43)62(49)41-15-7-5-8-16-41)53(54(56,57)58,55(59,60)61)40-29-35(3)52(36(4)30-40)38-24-26-50-46(32-38)44-20-12-14-22-48(44)63(50)42-17-9-6-10-18-42/h5-32H,1-4H3. The zero-order chi connectivity index (χ0) is 44.0.